The number of para-hydroxylation sites is 1. The monoisotopic (exact) mass is 409 g/mol. The van der Waals surface area contributed by atoms with E-state index in [1.165, 1.54) is 11.9 Å². The van der Waals surface area contributed by atoms with Crippen molar-refractivity contribution in [3.63, 3.8) is 0 Å². The lowest BCUT2D eigenvalue weighted by Crippen LogP contribution is -2.24. The first-order valence-electron chi connectivity index (χ1n) is 9.16. The molecule has 148 valence electrons. The minimum Gasteiger partial charge on any atom is -0.493 e. The lowest BCUT2D eigenvalue weighted by molar-refractivity contribution is -0.130. The molecule has 0 aliphatic carbocycles. The van der Waals surface area contributed by atoms with E-state index in [-0.39, 0.29) is 11.9 Å². The molecule has 7 heteroatoms. The standard InChI is InChI=1S/C22H20ClN3O3/c1-13(27)26-19(16-10-14-6-4-5-7-17(14)24-22(16)23)12-18(25-26)15-8-9-20(28-2)21(11-15)29-3/h4-11,19H,12H2,1-3H3/t19-/m0/s1. The van der Waals surface area contributed by atoms with Crippen LogP contribution in [-0.2, 0) is 4.79 Å². The van der Waals surface area contributed by atoms with Crippen molar-refractivity contribution < 1.29 is 14.3 Å². The van der Waals surface area contributed by atoms with Crippen molar-refractivity contribution in [2.24, 2.45) is 5.10 Å². The zero-order valence-corrected chi connectivity index (χ0v) is 17.1. The van der Waals surface area contributed by atoms with Crippen molar-refractivity contribution in [2.75, 3.05) is 14.2 Å². The molecule has 0 N–H and O–H groups in total. The maximum atomic E-state index is 12.3. The summed E-state index contributed by atoms with van der Waals surface area (Å²) in [5, 5.41) is 7.41. The molecule has 1 amide bonds. The van der Waals surface area contributed by atoms with Crippen LogP contribution < -0.4 is 9.47 Å². The predicted molar refractivity (Wildman–Crippen MR) is 113 cm³/mol. The lowest BCUT2D eigenvalue weighted by Gasteiger charge is -2.21. The number of benzene rings is 2. The number of hydrogen-bond acceptors (Lipinski definition) is 5. The zero-order chi connectivity index (χ0) is 20.5. The molecule has 0 bridgehead atoms. The average Bonchev–Trinajstić information content (AvgIpc) is 3.18. The number of carbonyl (C=O) groups excluding carboxylic acids is 1. The molecule has 0 unspecified atom stereocenters. The Kier molecular flexibility index (Phi) is 5.11. The van der Waals surface area contributed by atoms with Crippen LogP contribution in [0.3, 0.4) is 0 Å². The highest BCUT2D eigenvalue weighted by Crippen LogP contribution is 2.38. The minimum absolute atomic E-state index is 0.158. The first-order valence-corrected chi connectivity index (χ1v) is 9.54. The van der Waals surface area contributed by atoms with E-state index in [1.807, 2.05) is 48.5 Å². The summed E-state index contributed by atoms with van der Waals surface area (Å²) in [4.78, 5) is 16.8. The Morgan fingerprint density at radius 2 is 1.86 bits per heavy atom. The van der Waals surface area contributed by atoms with Gasteiger partial charge in [0.2, 0.25) is 5.91 Å². The van der Waals surface area contributed by atoms with Gasteiger partial charge >= 0.3 is 0 Å². The maximum Gasteiger partial charge on any atom is 0.240 e. The Morgan fingerprint density at radius 1 is 1.10 bits per heavy atom. The van der Waals surface area contributed by atoms with E-state index in [9.17, 15) is 4.79 Å². The Labute approximate surface area is 173 Å². The Bertz CT molecular complexity index is 1130. The van der Waals surface area contributed by atoms with Crippen LogP contribution in [0.15, 0.2) is 53.6 Å². The van der Waals surface area contributed by atoms with Gasteiger partial charge in [-0.3, -0.25) is 4.79 Å². The molecule has 3 aromatic rings. The van der Waals surface area contributed by atoms with Crippen molar-refractivity contribution in [1.82, 2.24) is 9.99 Å². The number of carbonyl (C=O) groups is 1. The summed E-state index contributed by atoms with van der Waals surface area (Å²) in [7, 11) is 3.18. The molecule has 1 aliphatic heterocycles. The summed E-state index contributed by atoms with van der Waals surface area (Å²) in [6.07, 6.45) is 0.523. The van der Waals surface area contributed by atoms with Crippen molar-refractivity contribution in [1.29, 1.82) is 0 Å². The highest BCUT2D eigenvalue weighted by Gasteiger charge is 2.33. The number of ether oxygens (including phenoxy) is 2. The third-order valence-electron chi connectivity index (χ3n) is 5.01. The number of hydrazone groups is 1. The number of pyridine rings is 1. The number of nitrogens with zero attached hydrogens (tertiary/aromatic N) is 3. The van der Waals surface area contributed by atoms with Crippen LogP contribution in [0.2, 0.25) is 5.15 Å². The Balaban J connectivity index is 1.74. The van der Waals surface area contributed by atoms with E-state index in [1.54, 1.807) is 14.2 Å². The van der Waals surface area contributed by atoms with E-state index in [4.69, 9.17) is 21.1 Å². The molecule has 1 atom stereocenters. The normalized spacial score (nSPS) is 16.1. The third-order valence-corrected chi connectivity index (χ3v) is 5.32. The number of methoxy groups -OCH3 is 2. The first-order chi connectivity index (χ1) is 14.0. The fourth-order valence-corrected chi connectivity index (χ4v) is 3.85. The molecular weight excluding hydrogens is 390 g/mol. The van der Waals surface area contributed by atoms with Crippen molar-refractivity contribution in [3.05, 3.63) is 64.8 Å². The number of hydrogen-bond donors (Lipinski definition) is 0. The van der Waals surface area contributed by atoms with Crippen LogP contribution in [-0.4, -0.2) is 35.8 Å². The smallest absolute Gasteiger partial charge is 0.240 e. The second kappa shape index (κ2) is 7.72. The SMILES string of the molecule is COc1ccc(C2=NN(C(C)=O)[C@H](c3cc4ccccc4nc3Cl)C2)cc1OC. The summed E-state index contributed by atoms with van der Waals surface area (Å²) in [6.45, 7) is 1.50. The zero-order valence-electron chi connectivity index (χ0n) is 16.3. The van der Waals surface area contributed by atoms with E-state index in [0.717, 1.165) is 27.7 Å². The van der Waals surface area contributed by atoms with Gasteiger partial charge in [-0.15, -0.1) is 0 Å². The van der Waals surface area contributed by atoms with Crippen LogP contribution in [0.1, 0.15) is 30.5 Å². The van der Waals surface area contributed by atoms with Gasteiger partial charge in [-0.05, 0) is 30.3 Å². The molecular formula is C22H20ClN3O3. The maximum absolute atomic E-state index is 12.3. The quantitative estimate of drug-likeness (QED) is 0.590. The van der Waals surface area contributed by atoms with Crippen LogP contribution >= 0.6 is 11.6 Å². The van der Waals surface area contributed by atoms with Gasteiger partial charge < -0.3 is 9.47 Å². The van der Waals surface area contributed by atoms with Gasteiger partial charge in [-0.2, -0.15) is 5.10 Å². The summed E-state index contributed by atoms with van der Waals surface area (Å²) in [5.41, 5.74) is 3.23. The minimum atomic E-state index is -0.319. The summed E-state index contributed by atoms with van der Waals surface area (Å²) in [5.74, 6) is 1.09. The topological polar surface area (TPSA) is 64.0 Å². The van der Waals surface area contributed by atoms with Gasteiger partial charge in [0, 0.05) is 29.9 Å². The molecule has 29 heavy (non-hydrogen) atoms. The van der Waals surface area contributed by atoms with Gasteiger partial charge in [0.1, 0.15) is 5.15 Å². The Hall–Kier alpha value is -3.12. The largest absolute Gasteiger partial charge is 0.493 e. The molecule has 0 saturated heterocycles. The molecule has 2 heterocycles. The van der Waals surface area contributed by atoms with Gasteiger partial charge in [0.25, 0.3) is 0 Å². The van der Waals surface area contributed by atoms with E-state index >= 15 is 0 Å². The van der Waals surface area contributed by atoms with Gasteiger partial charge in [0.15, 0.2) is 11.5 Å². The summed E-state index contributed by atoms with van der Waals surface area (Å²) < 4.78 is 10.7. The summed E-state index contributed by atoms with van der Waals surface area (Å²) in [6, 6.07) is 15.0. The fraction of sp³-hybridized carbons (Fsp3) is 0.227. The second-order valence-corrected chi connectivity index (χ2v) is 7.12. The van der Waals surface area contributed by atoms with Gasteiger partial charge in [0.05, 0.1) is 31.5 Å². The molecule has 1 aromatic heterocycles. The lowest BCUT2D eigenvalue weighted by atomic mass is 9.98. The number of halogens is 1. The molecule has 6 nitrogen and oxygen atoms in total. The molecule has 0 spiro atoms. The molecule has 0 saturated carbocycles. The van der Waals surface area contributed by atoms with Crippen molar-refractivity contribution in [2.45, 2.75) is 19.4 Å². The van der Waals surface area contributed by atoms with E-state index in [2.05, 4.69) is 10.1 Å². The molecule has 0 fully saturated rings. The van der Waals surface area contributed by atoms with Crippen LogP contribution in [0.5, 0.6) is 11.5 Å². The second-order valence-electron chi connectivity index (χ2n) is 6.76. The first kappa shape index (κ1) is 19.2. The number of fused-ring (bicyclic) bond motifs is 1. The fourth-order valence-electron chi connectivity index (χ4n) is 3.58. The highest BCUT2D eigenvalue weighted by molar-refractivity contribution is 6.30. The number of rotatable bonds is 4. The van der Waals surface area contributed by atoms with Crippen molar-refractivity contribution in [3.8, 4) is 11.5 Å². The van der Waals surface area contributed by atoms with Crippen LogP contribution in [0, 0.1) is 0 Å². The van der Waals surface area contributed by atoms with Gasteiger partial charge in [-0.1, -0.05) is 29.8 Å². The third kappa shape index (κ3) is 3.51. The van der Waals surface area contributed by atoms with Crippen molar-refractivity contribution >= 4 is 34.1 Å². The summed E-state index contributed by atoms with van der Waals surface area (Å²) >= 11 is 6.50. The number of aromatic nitrogens is 1. The molecule has 4 rings (SSSR count). The average molecular weight is 410 g/mol. The van der Waals surface area contributed by atoms with Gasteiger partial charge in [-0.25, -0.2) is 9.99 Å². The van der Waals surface area contributed by atoms with Crippen LogP contribution in [0.25, 0.3) is 10.9 Å². The van der Waals surface area contributed by atoms with E-state index in [0.29, 0.717) is 23.1 Å². The molecule has 0 radical (unpaired) electrons. The predicted octanol–water partition coefficient (Wildman–Crippen LogP) is 4.60. The molecule has 1 aliphatic rings. The number of amides is 1. The van der Waals surface area contributed by atoms with Crippen LogP contribution in [0.4, 0.5) is 0 Å². The highest BCUT2D eigenvalue weighted by atomic mass is 35.5. The Morgan fingerprint density at radius 3 is 2.59 bits per heavy atom. The van der Waals surface area contributed by atoms with E-state index < -0.39 is 0 Å². The molecule has 2 aromatic carbocycles.